The third kappa shape index (κ3) is 2.69. The molecule has 0 atom stereocenters. The molecule has 1 aromatic rings. The van der Waals surface area contributed by atoms with Crippen molar-refractivity contribution in [1.29, 1.82) is 5.26 Å². The highest BCUT2D eigenvalue weighted by molar-refractivity contribution is 5.45. The van der Waals surface area contributed by atoms with E-state index in [1.54, 1.807) is 12.3 Å². The molecule has 1 aromatic heterocycles. The van der Waals surface area contributed by atoms with Gasteiger partial charge in [0.2, 0.25) is 0 Å². The van der Waals surface area contributed by atoms with E-state index in [4.69, 9.17) is 5.26 Å². The molecule has 3 nitrogen and oxygen atoms in total. The van der Waals surface area contributed by atoms with Gasteiger partial charge in [0, 0.05) is 18.4 Å². The average Bonchev–Trinajstić information content (AvgIpc) is 2.22. The highest BCUT2D eigenvalue weighted by atomic mass is 14.9. The number of nitriles is 1. The molecule has 78 valence electrons. The van der Waals surface area contributed by atoms with Gasteiger partial charge < -0.3 is 5.32 Å². The maximum atomic E-state index is 8.68. The average molecular weight is 201 g/mol. The Balaban J connectivity index is 1.79. The molecule has 1 fully saturated rings. The fraction of sp³-hybridized carbons (Fsp3) is 0.500. The van der Waals surface area contributed by atoms with Crippen LogP contribution in [0, 0.1) is 17.2 Å². The van der Waals surface area contributed by atoms with Crippen LogP contribution < -0.4 is 5.32 Å². The lowest BCUT2D eigenvalue weighted by molar-refractivity contribution is 0.303. The summed E-state index contributed by atoms with van der Waals surface area (Å²) in [6.45, 7) is 1.000. The minimum absolute atomic E-state index is 0.476. The molecule has 1 aliphatic rings. The Kier molecular flexibility index (Phi) is 3.18. The second-order valence-corrected chi connectivity index (χ2v) is 4.05. The van der Waals surface area contributed by atoms with Crippen molar-refractivity contribution in [2.75, 3.05) is 11.9 Å². The maximum Gasteiger partial charge on any atom is 0.142 e. The first-order valence-corrected chi connectivity index (χ1v) is 5.48. The summed E-state index contributed by atoms with van der Waals surface area (Å²) < 4.78 is 0. The van der Waals surface area contributed by atoms with Gasteiger partial charge in [-0.15, -0.1) is 0 Å². The van der Waals surface area contributed by atoms with Crippen LogP contribution in [0.15, 0.2) is 18.3 Å². The first-order valence-electron chi connectivity index (χ1n) is 5.48. The molecule has 1 N–H and O–H groups in total. The van der Waals surface area contributed by atoms with Crippen LogP contribution in [0.1, 0.15) is 31.4 Å². The Morgan fingerprint density at radius 2 is 2.40 bits per heavy atom. The molecule has 0 saturated heterocycles. The van der Waals surface area contributed by atoms with Gasteiger partial charge in [-0.25, -0.2) is 4.98 Å². The minimum atomic E-state index is 0.476. The molecule has 15 heavy (non-hydrogen) atoms. The highest BCUT2D eigenvalue weighted by Gasteiger charge is 2.16. The zero-order chi connectivity index (χ0) is 10.5. The Labute approximate surface area is 90.1 Å². The largest absolute Gasteiger partial charge is 0.385 e. The number of hydrogen-bond acceptors (Lipinski definition) is 3. The summed E-state index contributed by atoms with van der Waals surface area (Å²) in [5.74, 6) is 0.926. The molecule has 0 unspecified atom stereocenters. The van der Waals surface area contributed by atoms with Gasteiger partial charge in [-0.2, -0.15) is 5.26 Å². The molecular weight excluding hydrogens is 186 g/mol. The zero-order valence-electron chi connectivity index (χ0n) is 8.74. The number of aromatic nitrogens is 1. The summed E-state index contributed by atoms with van der Waals surface area (Å²) in [6.07, 6.45) is 7.09. The van der Waals surface area contributed by atoms with Gasteiger partial charge in [0.25, 0.3) is 0 Å². The first kappa shape index (κ1) is 9.97. The van der Waals surface area contributed by atoms with Crippen molar-refractivity contribution < 1.29 is 0 Å². The fourth-order valence-electron chi connectivity index (χ4n) is 1.80. The van der Waals surface area contributed by atoms with Crippen molar-refractivity contribution in [2.24, 2.45) is 5.92 Å². The van der Waals surface area contributed by atoms with E-state index in [2.05, 4.69) is 10.3 Å². The molecule has 0 spiro atoms. The molecular formula is C12H15N3. The summed E-state index contributed by atoms with van der Waals surface area (Å²) in [7, 11) is 0. The molecule has 2 rings (SSSR count). The Hall–Kier alpha value is -1.56. The van der Waals surface area contributed by atoms with Gasteiger partial charge in [-0.3, -0.25) is 0 Å². The van der Waals surface area contributed by atoms with Gasteiger partial charge in [0.05, 0.1) is 0 Å². The Bertz CT molecular complexity index is 363. The minimum Gasteiger partial charge on any atom is -0.385 e. The van der Waals surface area contributed by atoms with Crippen molar-refractivity contribution in [3.63, 3.8) is 0 Å². The number of nitrogens with zero attached hydrogens (tertiary/aromatic N) is 2. The van der Waals surface area contributed by atoms with E-state index in [1.807, 2.05) is 12.1 Å². The fourth-order valence-corrected chi connectivity index (χ4v) is 1.80. The predicted molar refractivity (Wildman–Crippen MR) is 59.4 cm³/mol. The molecule has 0 radical (unpaired) electrons. The van der Waals surface area contributed by atoms with Gasteiger partial charge in [-0.1, -0.05) is 19.3 Å². The van der Waals surface area contributed by atoms with Crippen molar-refractivity contribution in [1.82, 2.24) is 4.98 Å². The van der Waals surface area contributed by atoms with E-state index in [-0.39, 0.29) is 0 Å². The third-order valence-corrected chi connectivity index (χ3v) is 2.98. The van der Waals surface area contributed by atoms with Crippen LogP contribution in [0.4, 0.5) is 5.69 Å². The van der Waals surface area contributed by atoms with Crippen LogP contribution in [0.25, 0.3) is 0 Å². The summed E-state index contributed by atoms with van der Waals surface area (Å²) in [5.41, 5.74) is 1.48. The number of nitrogens with one attached hydrogen (secondary N) is 1. The topological polar surface area (TPSA) is 48.7 Å². The number of anilines is 1. The van der Waals surface area contributed by atoms with Crippen molar-refractivity contribution in [2.45, 2.75) is 25.7 Å². The predicted octanol–water partition coefficient (Wildman–Crippen LogP) is 2.56. The Morgan fingerprint density at radius 1 is 1.53 bits per heavy atom. The van der Waals surface area contributed by atoms with E-state index in [0.29, 0.717) is 5.69 Å². The summed E-state index contributed by atoms with van der Waals surface area (Å²) in [4.78, 5) is 3.93. The van der Waals surface area contributed by atoms with E-state index in [0.717, 1.165) is 18.2 Å². The monoisotopic (exact) mass is 201 g/mol. The van der Waals surface area contributed by atoms with Gasteiger partial charge >= 0.3 is 0 Å². The van der Waals surface area contributed by atoms with Crippen molar-refractivity contribution in [3.8, 4) is 6.07 Å². The molecule has 0 bridgehead atoms. The number of hydrogen-bond donors (Lipinski definition) is 1. The van der Waals surface area contributed by atoms with Crippen LogP contribution in [-0.4, -0.2) is 11.5 Å². The molecule has 0 amide bonds. The molecule has 3 heteroatoms. The summed E-state index contributed by atoms with van der Waals surface area (Å²) in [5, 5.41) is 12.0. The van der Waals surface area contributed by atoms with E-state index >= 15 is 0 Å². The van der Waals surface area contributed by atoms with Crippen molar-refractivity contribution in [3.05, 3.63) is 24.0 Å². The molecule has 1 saturated carbocycles. The SMILES string of the molecule is N#Cc1cc(NCCC2CCC2)ccn1. The number of pyridine rings is 1. The summed E-state index contributed by atoms with van der Waals surface area (Å²) in [6, 6.07) is 5.73. The second-order valence-electron chi connectivity index (χ2n) is 4.05. The normalized spacial score (nSPS) is 15.4. The summed E-state index contributed by atoms with van der Waals surface area (Å²) >= 11 is 0. The third-order valence-electron chi connectivity index (χ3n) is 2.98. The molecule has 0 aromatic carbocycles. The van der Waals surface area contributed by atoms with E-state index in [9.17, 15) is 0 Å². The Morgan fingerprint density at radius 3 is 3.07 bits per heavy atom. The van der Waals surface area contributed by atoms with Crippen molar-refractivity contribution >= 4 is 5.69 Å². The first-order chi connectivity index (χ1) is 7.38. The van der Waals surface area contributed by atoms with Gasteiger partial charge in [0.1, 0.15) is 11.8 Å². The lowest BCUT2D eigenvalue weighted by Crippen LogP contribution is -2.15. The van der Waals surface area contributed by atoms with Gasteiger partial charge in [-0.05, 0) is 24.5 Å². The quantitative estimate of drug-likeness (QED) is 0.814. The van der Waals surface area contributed by atoms with Crippen LogP contribution in [0.5, 0.6) is 0 Å². The number of rotatable bonds is 4. The highest BCUT2D eigenvalue weighted by Crippen LogP contribution is 2.29. The van der Waals surface area contributed by atoms with Crippen LogP contribution >= 0.6 is 0 Å². The standard InChI is InChI=1S/C12H15N3/c13-9-12-8-11(5-7-15-12)14-6-4-10-2-1-3-10/h5,7-8,10H,1-4,6H2,(H,14,15). The smallest absolute Gasteiger partial charge is 0.142 e. The molecule has 0 aliphatic heterocycles. The van der Waals surface area contributed by atoms with Crippen LogP contribution in [0.2, 0.25) is 0 Å². The van der Waals surface area contributed by atoms with Gasteiger partial charge in [0.15, 0.2) is 0 Å². The van der Waals surface area contributed by atoms with Crippen LogP contribution in [0.3, 0.4) is 0 Å². The van der Waals surface area contributed by atoms with Crippen LogP contribution in [-0.2, 0) is 0 Å². The second kappa shape index (κ2) is 4.79. The van der Waals surface area contributed by atoms with E-state index < -0.39 is 0 Å². The molecule has 1 heterocycles. The molecule has 1 aliphatic carbocycles. The lowest BCUT2D eigenvalue weighted by Gasteiger charge is -2.25. The maximum absolute atomic E-state index is 8.68. The lowest BCUT2D eigenvalue weighted by atomic mass is 9.83. The zero-order valence-corrected chi connectivity index (χ0v) is 8.74. The van der Waals surface area contributed by atoms with E-state index in [1.165, 1.54) is 25.7 Å².